The number of carbonyl (C=O) groups is 2. The Morgan fingerprint density at radius 3 is 2.73 bits per heavy atom. The van der Waals surface area contributed by atoms with Crippen LogP contribution in [0, 0.1) is 11.2 Å². The fraction of sp³-hybridized carbons (Fsp3) is 0.429. The number of anilines is 2. The zero-order chi connectivity index (χ0) is 16.1. The monoisotopic (exact) mass is 309 g/mol. The van der Waals surface area contributed by atoms with E-state index in [4.69, 9.17) is 9.47 Å². The Labute approximate surface area is 126 Å². The predicted molar refractivity (Wildman–Crippen MR) is 75.9 cm³/mol. The van der Waals surface area contributed by atoms with Gasteiger partial charge in [0.2, 0.25) is 0 Å². The van der Waals surface area contributed by atoms with E-state index in [0.717, 1.165) is 0 Å². The number of fused-ring (bicyclic) bond motifs is 1. The molecule has 1 saturated heterocycles. The quantitative estimate of drug-likeness (QED) is 0.829. The highest BCUT2D eigenvalue weighted by atomic mass is 19.1. The van der Waals surface area contributed by atoms with Crippen molar-refractivity contribution in [2.24, 2.45) is 5.41 Å². The summed E-state index contributed by atoms with van der Waals surface area (Å²) in [5, 5.41) is 3.92. The summed E-state index contributed by atoms with van der Waals surface area (Å²) < 4.78 is 24.7. The summed E-state index contributed by atoms with van der Waals surface area (Å²) in [7, 11) is 0. The molecule has 1 aromatic carbocycles. The number of amides is 2. The van der Waals surface area contributed by atoms with Gasteiger partial charge < -0.3 is 14.8 Å². The third-order valence-corrected chi connectivity index (χ3v) is 3.35. The van der Waals surface area contributed by atoms with Gasteiger partial charge in [-0.1, -0.05) is 20.8 Å². The van der Waals surface area contributed by atoms with Crippen molar-refractivity contribution in [1.82, 2.24) is 5.43 Å². The molecular formula is C14H16FN3O4. The van der Waals surface area contributed by atoms with Crippen LogP contribution < -0.4 is 20.5 Å². The maximum Gasteiger partial charge on any atom is 0.428 e. The molecule has 1 atom stereocenters. The van der Waals surface area contributed by atoms with Crippen LogP contribution in [-0.2, 0) is 9.53 Å². The van der Waals surface area contributed by atoms with Gasteiger partial charge in [0, 0.05) is 11.5 Å². The molecule has 2 aliphatic heterocycles. The van der Waals surface area contributed by atoms with Crippen LogP contribution in [-0.4, -0.2) is 24.8 Å². The van der Waals surface area contributed by atoms with Crippen molar-refractivity contribution in [3.63, 3.8) is 0 Å². The van der Waals surface area contributed by atoms with Gasteiger partial charge in [-0.05, 0) is 6.07 Å². The molecule has 1 unspecified atom stereocenters. The lowest BCUT2D eigenvalue weighted by molar-refractivity contribution is -0.118. The largest absolute Gasteiger partial charge is 0.481 e. The minimum atomic E-state index is -0.687. The number of halogens is 1. The summed E-state index contributed by atoms with van der Waals surface area (Å²) in [4.78, 5) is 22.9. The van der Waals surface area contributed by atoms with Gasteiger partial charge in [-0.3, -0.25) is 4.79 Å². The second-order valence-electron chi connectivity index (χ2n) is 6.24. The second kappa shape index (κ2) is 4.75. The highest BCUT2D eigenvalue weighted by Crippen LogP contribution is 2.38. The summed E-state index contributed by atoms with van der Waals surface area (Å²) >= 11 is 0. The first-order valence-corrected chi connectivity index (χ1v) is 6.78. The van der Waals surface area contributed by atoms with E-state index in [1.807, 2.05) is 20.8 Å². The number of hydrazine groups is 1. The Morgan fingerprint density at radius 2 is 2.05 bits per heavy atom. The van der Waals surface area contributed by atoms with Crippen LogP contribution in [0.2, 0.25) is 0 Å². The molecule has 2 N–H and O–H groups in total. The van der Waals surface area contributed by atoms with E-state index in [1.165, 1.54) is 17.1 Å². The van der Waals surface area contributed by atoms with E-state index in [9.17, 15) is 14.0 Å². The number of hydrogen-bond acceptors (Lipinski definition) is 5. The standard InChI is InChI=1S/C14H16FN3O4/c1-14(2,3)12-18(17-13(20)22-12)9-5-8-10(4-7(9)15)21-6-11(19)16-8/h4-5,12H,6H2,1-3H3,(H,16,19)(H,17,20). The highest BCUT2D eigenvalue weighted by molar-refractivity contribution is 5.96. The second-order valence-corrected chi connectivity index (χ2v) is 6.24. The minimum Gasteiger partial charge on any atom is -0.481 e. The third kappa shape index (κ3) is 2.40. The molecule has 2 amide bonds. The summed E-state index contributed by atoms with van der Waals surface area (Å²) in [5.74, 6) is -0.659. The van der Waals surface area contributed by atoms with E-state index in [1.54, 1.807) is 0 Å². The van der Waals surface area contributed by atoms with E-state index in [-0.39, 0.29) is 24.0 Å². The molecule has 7 nitrogen and oxygen atoms in total. The summed E-state index contributed by atoms with van der Waals surface area (Å²) in [6.45, 7) is 5.45. The first-order chi connectivity index (χ1) is 10.3. The molecule has 0 aromatic heterocycles. The third-order valence-electron chi connectivity index (χ3n) is 3.35. The topological polar surface area (TPSA) is 79.9 Å². The molecule has 0 bridgehead atoms. The minimum absolute atomic E-state index is 0.0929. The number of nitrogens with one attached hydrogen (secondary N) is 2. The molecular weight excluding hydrogens is 293 g/mol. The van der Waals surface area contributed by atoms with Crippen molar-refractivity contribution in [2.45, 2.75) is 27.0 Å². The van der Waals surface area contributed by atoms with Crippen molar-refractivity contribution < 1.29 is 23.5 Å². The van der Waals surface area contributed by atoms with Crippen molar-refractivity contribution in [1.29, 1.82) is 0 Å². The van der Waals surface area contributed by atoms with Crippen LogP contribution in [0.1, 0.15) is 20.8 Å². The van der Waals surface area contributed by atoms with E-state index >= 15 is 0 Å². The SMILES string of the molecule is CC(C)(C)C1OC(=O)NN1c1cc2c(cc1F)OCC(=O)N2. The summed E-state index contributed by atoms with van der Waals surface area (Å²) in [5.41, 5.74) is 2.46. The zero-order valence-electron chi connectivity index (χ0n) is 12.4. The molecule has 8 heteroatoms. The average Bonchev–Trinajstić information content (AvgIpc) is 2.80. The van der Waals surface area contributed by atoms with Crippen molar-refractivity contribution >= 4 is 23.4 Å². The van der Waals surface area contributed by atoms with Gasteiger partial charge in [0.15, 0.2) is 18.7 Å². The maximum atomic E-state index is 14.4. The predicted octanol–water partition coefficient (Wildman–Crippen LogP) is 1.99. The lowest BCUT2D eigenvalue weighted by atomic mass is 9.93. The lowest BCUT2D eigenvalue weighted by Crippen LogP contribution is -2.45. The van der Waals surface area contributed by atoms with Crippen LogP contribution in [0.4, 0.5) is 20.6 Å². The summed E-state index contributed by atoms with van der Waals surface area (Å²) in [6.07, 6.45) is -1.34. The van der Waals surface area contributed by atoms with E-state index in [2.05, 4.69) is 10.7 Å². The van der Waals surface area contributed by atoms with E-state index < -0.39 is 23.6 Å². The van der Waals surface area contributed by atoms with Gasteiger partial charge in [-0.15, -0.1) is 0 Å². The van der Waals surface area contributed by atoms with Crippen LogP contribution in [0.3, 0.4) is 0 Å². The number of ether oxygens (including phenoxy) is 2. The van der Waals surface area contributed by atoms with Gasteiger partial charge in [0.05, 0.1) is 11.4 Å². The van der Waals surface area contributed by atoms with Gasteiger partial charge in [-0.2, -0.15) is 0 Å². The number of nitrogens with zero attached hydrogens (tertiary/aromatic N) is 1. The smallest absolute Gasteiger partial charge is 0.428 e. The van der Waals surface area contributed by atoms with Crippen LogP contribution in [0.15, 0.2) is 12.1 Å². The Morgan fingerprint density at radius 1 is 1.32 bits per heavy atom. The fourth-order valence-electron chi connectivity index (χ4n) is 2.36. The molecule has 118 valence electrons. The Kier molecular flexibility index (Phi) is 3.12. The molecule has 22 heavy (non-hydrogen) atoms. The Bertz CT molecular complexity index is 656. The molecule has 2 heterocycles. The van der Waals surface area contributed by atoms with Gasteiger partial charge in [-0.25, -0.2) is 19.6 Å². The molecule has 1 aromatic rings. The van der Waals surface area contributed by atoms with Gasteiger partial charge >= 0.3 is 6.09 Å². The number of cyclic esters (lactones) is 1. The van der Waals surface area contributed by atoms with E-state index in [0.29, 0.717) is 5.69 Å². The van der Waals surface area contributed by atoms with Crippen molar-refractivity contribution in [3.8, 4) is 5.75 Å². The molecule has 3 rings (SSSR count). The lowest BCUT2D eigenvalue weighted by Gasteiger charge is -2.33. The summed E-state index contributed by atoms with van der Waals surface area (Å²) in [6, 6.07) is 2.59. The average molecular weight is 309 g/mol. The van der Waals surface area contributed by atoms with Gasteiger partial charge in [0.1, 0.15) is 5.75 Å². The van der Waals surface area contributed by atoms with Crippen molar-refractivity contribution in [2.75, 3.05) is 16.9 Å². The Balaban J connectivity index is 2.02. The number of hydrogen-bond donors (Lipinski definition) is 2. The number of carbonyl (C=O) groups excluding carboxylic acids is 2. The molecule has 1 fully saturated rings. The normalized spacial score (nSPS) is 20.7. The molecule has 0 radical (unpaired) electrons. The van der Waals surface area contributed by atoms with Crippen molar-refractivity contribution in [3.05, 3.63) is 17.9 Å². The molecule has 2 aliphatic rings. The first-order valence-electron chi connectivity index (χ1n) is 6.78. The fourth-order valence-corrected chi connectivity index (χ4v) is 2.36. The zero-order valence-corrected chi connectivity index (χ0v) is 12.4. The molecule has 0 spiro atoms. The van der Waals surface area contributed by atoms with Gasteiger partial charge in [0.25, 0.3) is 5.91 Å². The first kappa shape index (κ1) is 14.4. The van der Waals surface area contributed by atoms with Crippen LogP contribution in [0.5, 0.6) is 5.75 Å². The number of benzene rings is 1. The Hall–Kier alpha value is -2.51. The molecule has 0 aliphatic carbocycles. The van der Waals surface area contributed by atoms with Crippen LogP contribution in [0.25, 0.3) is 0 Å². The highest BCUT2D eigenvalue weighted by Gasteiger charge is 2.42. The number of rotatable bonds is 1. The van der Waals surface area contributed by atoms with Crippen LogP contribution >= 0.6 is 0 Å². The molecule has 0 saturated carbocycles. The maximum absolute atomic E-state index is 14.4.